The number of carbonyl (C=O) groups is 1. The number of allylic oxidation sites excluding steroid dienone is 3. The number of likely N-dealkylation sites (N-methyl/N-ethyl adjacent to an activating group) is 1. The van der Waals surface area contributed by atoms with E-state index in [1.165, 1.54) is 30.7 Å². The number of H-pyrrole nitrogens is 1. The molecule has 1 aromatic heterocycles. The van der Waals surface area contributed by atoms with Crippen LogP contribution in [-0.4, -0.2) is 55.2 Å². The Morgan fingerprint density at radius 3 is 2.95 bits per heavy atom. The average Bonchev–Trinajstić information content (AvgIpc) is 3.48. The SMILES string of the molecule is CCCN[C@H]1CCC2=C(C1)SC(NC1C=C(NC(=O)Oc3cccc4[nH]cc(CCN(C)C)c34)CC1)=CCC2. The van der Waals surface area contributed by atoms with E-state index in [-0.39, 0.29) is 6.04 Å². The second kappa shape index (κ2) is 13.1. The average molecular weight is 550 g/mol. The molecule has 3 aliphatic rings. The molecule has 7 nitrogen and oxygen atoms in total. The van der Waals surface area contributed by atoms with Crippen molar-refractivity contribution in [3.63, 3.8) is 0 Å². The van der Waals surface area contributed by atoms with Crippen molar-refractivity contribution in [2.45, 2.75) is 76.8 Å². The third kappa shape index (κ3) is 7.29. The molecule has 1 aliphatic heterocycles. The smallest absolute Gasteiger partial charge is 0.409 e. The van der Waals surface area contributed by atoms with E-state index in [1.54, 1.807) is 10.5 Å². The number of ether oxygens (including phenoxy) is 1. The minimum Gasteiger partial charge on any atom is -0.409 e. The first-order valence-corrected chi connectivity index (χ1v) is 15.3. The summed E-state index contributed by atoms with van der Waals surface area (Å²) in [6.45, 7) is 4.26. The third-order valence-electron chi connectivity index (χ3n) is 7.81. The lowest BCUT2D eigenvalue weighted by atomic mass is 9.92. The summed E-state index contributed by atoms with van der Waals surface area (Å²) in [7, 11) is 4.13. The Kier molecular flexibility index (Phi) is 9.37. The molecule has 0 radical (unpaired) electrons. The molecule has 5 rings (SSSR count). The molecule has 2 heterocycles. The first kappa shape index (κ1) is 27.9. The Morgan fingerprint density at radius 2 is 2.10 bits per heavy atom. The zero-order chi connectivity index (χ0) is 27.2. The van der Waals surface area contributed by atoms with Crippen molar-refractivity contribution in [3.8, 4) is 5.75 Å². The summed E-state index contributed by atoms with van der Waals surface area (Å²) < 4.78 is 5.82. The van der Waals surface area contributed by atoms with Crippen molar-refractivity contribution >= 4 is 28.8 Å². The first-order valence-electron chi connectivity index (χ1n) is 14.5. The summed E-state index contributed by atoms with van der Waals surface area (Å²) in [6.07, 6.45) is 15.8. The van der Waals surface area contributed by atoms with Crippen LogP contribution in [-0.2, 0) is 6.42 Å². The molecule has 2 aromatic rings. The summed E-state index contributed by atoms with van der Waals surface area (Å²) in [5.41, 5.74) is 4.71. The molecule has 1 unspecified atom stereocenters. The molecule has 39 heavy (non-hydrogen) atoms. The van der Waals surface area contributed by atoms with Gasteiger partial charge in [-0.3, -0.25) is 5.32 Å². The number of hydrogen-bond donors (Lipinski definition) is 4. The number of aromatic amines is 1. The zero-order valence-electron chi connectivity index (χ0n) is 23.6. The number of benzene rings is 1. The van der Waals surface area contributed by atoms with Crippen LogP contribution in [0.15, 0.2) is 57.8 Å². The summed E-state index contributed by atoms with van der Waals surface area (Å²) >= 11 is 1.93. The molecule has 8 heteroatoms. The molecule has 0 bridgehead atoms. The lowest BCUT2D eigenvalue weighted by molar-refractivity contribution is 0.204. The van der Waals surface area contributed by atoms with Crippen LogP contribution in [0.2, 0.25) is 0 Å². The molecule has 4 N–H and O–H groups in total. The molecule has 1 aromatic carbocycles. The van der Waals surface area contributed by atoms with Crippen LogP contribution < -0.4 is 20.7 Å². The van der Waals surface area contributed by atoms with E-state index >= 15 is 0 Å². The van der Waals surface area contributed by atoms with Crippen molar-refractivity contribution in [1.82, 2.24) is 25.8 Å². The predicted molar refractivity (Wildman–Crippen MR) is 162 cm³/mol. The van der Waals surface area contributed by atoms with Gasteiger partial charge in [-0.1, -0.05) is 36.4 Å². The van der Waals surface area contributed by atoms with Gasteiger partial charge in [0, 0.05) is 41.4 Å². The van der Waals surface area contributed by atoms with Gasteiger partial charge in [0.15, 0.2) is 0 Å². The van der Waals surface area contributed by atoms with Gasteiger partial charge in [0.2, 0.25) is 0 Å². The molecule has 0 spiro atoms. The Hall–Kier alpha value is -2.68. The van der Waals surface area contributed by atoms with Gasteiger partial charge in [0.05, 0.1) is 5.03 Å². The van der Waals surface area contributed by atoms with Gasteiger partial charge in [-0.05, 0) is 107 Å². The highest BCUT2D eigenvalue weighted by molar-refractivity contribution is 8.06. The number of amides is 1. The first-order chi connectivity index (χ1) is 19.0. The van der Waals surface area contributed by atoms with Crippen LogP contribution >= 0.6 is 11.8 Å². The molecule has 210 valence electrons. The number of thioether (sulfide) groups is 1. The molecular formula is C31H43N5O2S. The Morgan fingerprint density at radius 1 is 1.21 bits per heavy atom. The van der Waals surface area contributed by atoms with Gasteiger partial charge < -0.3 is 25.3 Å². The minimum atomic E-state index is -0.431. The van der Waals surface area contributed by atoms with E-state index < -0.39 is 6.09 Å². The van der Waals surface area contributed by atoms with Gasteiger partial charge in [-0.15, -0.1) is 0 Å². The number of fused-ring (bicyclic) bond motifs is 1. The number of hydrogen-bond acceptors (Lipinski definition) is 6. The highest BCUT2D eigenvalue weighted by Crippen LogP contribution is 2.41. The quantitative estimate of drug-likeness (QED) is 0.284. The fourth-order valence-electron chi connectivity index (χ4n) is 5.72. The fraction of sp³-hybridized carbons (Fsp3) is 0.516. The molecule has 0 saturated carbocycles. The summed E-state index contributed by atoms with van der Waals surface area (Å²) in [5.74, 6) is 0.594. The van der Waals surface area contributed by atoms with Gasteiger partial charge in [0.1, 0.15) is 5.75 Å². The molecule has 1 amide bonds. The Balaban J connectivity index is 1.17. The van der Waals surface area contributed by atoms with Crippen LogP contribution in [0.25, 0.3) is 10.9 Å². The van der Waals surface area contributed by atoms with Gasteiger partial charge in [-0.2, -0.15) is 0 Å². The summed E-state index contributed by atoms with van der Waals surface area (Å²) in [4.78, 5) is 19.9. The highest BCUT2D eigenvalue weighted by Gasteiger charge is 2.25. The summed E-state index contributed by atoms with van der Waals surface area (Å²) in [5, 5.41) is 12.7. The largest absolute Gasteiger partial charge is 0.416 e. The van der Waals surface area contributed by atoms with Crippen LogP contribution in [0.4, 0.5) is 4.79 Å². The number of rotatable bonds is 10. The van der Waals surface area contributed by atoms with E-state index in [9.17, 15) is 4.79 Å². The van der Waals surface area contributed by atoms with E-state index in [4.69, 9.17) is 4.74 Å². The van der Waals surface area contributed by atoms with Gasteiger partial charge in [-0.25, -0.2) is 4.79 Å². The van der Waals surface area contributed by atoms with Gasteiger partial charge >= 0.3 is 6.09 Å². The lowest BCUT2D eigenvalue weighted by Gasteiger charge is -2.27. The molecular weight excluding hydrogens is 506 g/mol. The molecule has 2 atom stereocenters. The number of aromatic nitrogens is 1. The number of carbonyl (C=O) groups excluding carboxylic acids is 1. The standard InChI is InChI=1S/C31H43N5O2S/c1-4-16-32-23-12-11-21-7-5-10-29(39-28(21)19-23)34-24-13-14-25(18-24)35-31(37)38-27-9-6-8-26-30(27)22(20-33-26)15-17-36(2)3/h6,8-10,18,20,23-24,32-34H,4-5,7,11-17,19H2,1-3H3,(H,35,37)/t23-,24?/m0/s1. The van der Waals surface area contributed by atoms with E-state index in [0.29, 0.717) is 11.8 Å². The van der Waals surface area contributed by atoms with E-state index in [1.807, 2.05) is 36.2 Å². The third-order valence-corrected chi connectivity index (χ3v) is 9.02. The maximum Gasteiger partial charge on any atom is 0.416 e. The van der Waals surface area contributed by atoms with Crippen molar-refractivity contribution in [2.75, 3.05) is 27.2 Å². The van der Waals surface area contributed by atoms with Crippen LogP contribution in [0.1, 0.15) is 63.9 Å². The van der Waals surface area contributed by atoms with E-state index in [0.717, 1.165) is 67.4 Å². The van der Waals surface area contributed by atoms with Crippen molar-refractivity contribution in [3.05, 3.63) is 63.3 Å². The van der Waals surface area contributed by atoms with Crippen molar-refractivity contribution in [1.29, 1.82) is 0 Å². The second-order valence-electron chi connectivity index (χ2n) is 11.2. The minimum absolute atomic E-state index is 0.213. The van der Waals surface area contributed by atoms with Crippen molar-refractivity contribution in [2.24, 2.45) is 0 Å². The molecule has 0 fully saturated rings. The Bertz CT molecular complexity index is 1260. The number of nitrogens with one attached hydrogen (secondary N) is 4. The Labute approximate surface area is 236 Å². The molecule has 2 aliphatic carbocycles. The summed E-state index contributed by atoms with van der Waals surface area (Å²) in [6, 6.07) is 6.62. The fourth-order valence-corrected chi connectivity index (χ4v) is 7.03. The lowest BCUT2D eigenvalue weighted by Crippen LogP contribution is -2.32. The highest BCUT2D eigenvalue weighted by atomic mass is 32.2. The molecule has 0 saturated heterocycles. The van der Waals surface area contributed by atoms with Crippen LogP contribution in [0.3, 0.4) is 0 Å². The predicted octanol–water partition coefficient (Wildman–Crippen LogP) is 6.17. The number of nitrogens with zero attached hydrogens (tertiary/aromatic N) is 1. The normalized spacial score (nSPS) is 21.4. The van der Waals surface area contributed by atoms with E-state index in [2.05, 4.69) is 59.0 Å². The topological polar surface area (TPSA) is 81.4 Å². The maximum absolute atomic E-state index is 12.9. The van der Waals surface area contributed by atoms with Crippen molar-refractivity contribution < 1.29 is 9.53 Å². The second-order valence-corrected chi connectivity index (χ2v) is 12.3. The van der Waals surface area contributed by atoms with Crippen LogP contribution in [0.5, 0.6) is 5.75 Å². The zero-order valence-corrected chi connectivity index (χ0v) is 24.4. The van der Waals surface area contributed by atoms with Gasteiger partial charge in [0.25, 0.3) is 0 Å². The monoisotopic (exact) mass is 549 g/mol. The maximum atomic E-state index is 12.9. The van der Waals surface area contributed by atoms with Crippen LogP contribution in [0, 0.1) is 0 Å².